The van der Waals surface area contributed by atoms with Gasteiger partial charge in [-0.2, -0.15) is 8.42 Å². The molecule has 1 aromatic carbocycles. The van der Waals surface area contributed by atoms with E-state index in [1.54, 1.807) is 4.90 Å². The standard InChI is InChI=1S/C19H25F2N3O6S/c1-12(25)22-9-15-10-24(19(26)30-15)14-7-16(20)18(17(21)8-14)23-5-3-13(4-6-23)11-29-31(2,27)28/h7-8,13,15H,3-6,9-11H2,1-2H3,(H,22,25). The number of amides is 2. The molecular formula is C19H25F2N3O6S. The van der Waals surface area contributed by atoms with Gasteiger partial charge in [-0.05, 0) is 18.8 Å². The van der Waals surface area contributed by atoms with Crippen molar-refractivity contribution in [2.24, 2.45) is 5.92 Å². The Balaban J connectivity index is 1.65. The first-order valence-electron chi connectivity index (χ1n) is 9.84. The van der Waals surface area contributed by atoms with Crippen molar-refractivity contribution >= 4 is 33.5 Å². The quantitative estimate of drug-likeness (QED) is 0.615. The molecule has 0 saturated carbocycles. The fourth-order valence-corrected chi connectivity index (χ4v) is 4.09. The van der Waals surface area contributed by atoms with Crippen LogP contribution in [0.2, 0.25) is 0 Å². The van der Waals surface area contributed by atoms with Crippen LogP contribution in [-0.2, 0) is 23.8 Å². The summed E-state index contributed by atoms with van der Waals surface area (Å²) in [6.07, 6.45) is 0.676. The minimum absolute atomic E-state index is 0.0173. The van der Waals surface area contributed by atoms with E-state index in [1.807, 2.05) is 0 Å². The van der Waals surface area contributed by atoms with Gasteiger partial charge in [-0.25, -0.2) is 13.6 Å². The summed E-state index contributed by atoms with van der Waals surface area (Å²) >= 11 is 0. The number of nitrogens with zero attached hydrogens (tertiary/aromatic N) is 2. The number of hydrogen-bond acceptors (Lipinski definition) is 7. The minimum atomic E-state index is -3.53. The molecule has 0 radical (unpaired) electrons. The van der Waals surface area contributed by atoms with Crippen molar-refractivity contribution in [1.82, 2.24) is 5.32 Å². The van der Waals surface area contributed by atoms with Crippen molar-refractivity contribution in [3.8, 4) is 0 Å². The highest BCUT2D eigenvalue weighted by molar-refractivity contribution is 7.85. The maximum Gasteiger partial charge on any atom is 0.414 e. The SMILES string of the molecule is CC(=O)NCC1CN(c2cc(F)c(N3CCC(COS(C)(=O)=O)CC3)c(F)c2)C(=O)O1. The van der Waals surface area contributed by atoms with Crippen LogP contribution in [0.3, 0.4) is 0 Å². The molecule has 0 bridgehead atoms. The van der Waals surface area contributed by atoms with E-state index >= 15 is 0 Å². The molecular weight excluding hydrogens is 436 g/mol. The molecule has 2 saturated heterocycles. The zero-order chi connectivity index (χ0) is 22.8. The van der Waals surface area contributed by atoms with Gasteiger partial charge >= 0.3 is 6.09 Å². The molecule has 2 aliphatic heterocycles. The van der Waals surface area contributed by atoms with Crippen LogP contribution in [0, 0.1) is 17.6 Å². The average Bonchev–Trinajstić information content (AvgIpc) is 3.05. The fourth-order valence-electron chi connectivity index (χ4n) is 3.65. The second-order valence-electron chi connectivity index (χ2n) is 7.73. The maximum absolute atomic E-state index is 14.8. The summed E-state index contributed by atoms with van der Waals surface area (Å²) in [5, 5.41) is 2.54. The molecule has 1 atom stereocenters. The van der Waals surface area contributed by atoms with Gasteiger partial charge in [-0.3, -0.25) is 13.9 Å². The molecule has 0 spiro atoms. The monoisotopic (exact) mass is 461 g/mol. The molecule has 2 fully saturated rings. The molecule has 0 aromatic heterocycles. The molecule has 1 aromatic rings. The molecule has 172 valence electrons. The van der Waals surface area contributed by atoms with E-state index in [4.69, 9.17) is 8.92 Å². The minimum Gasteiger partial charge on any atom is -0.442 e. The lowest BCUT2D eigenvalue weighted by Gasteiger charge is -2.33. The van der Waals surface area contributed by atoms with Crippen molar-refractivity contribution in [3.63, 3.8) is 0 Å². The molecule has 0 aliphatic carbocycles. The number of cyclic esters (lactones) is 1. The number of carbonyl (C=O) groups excluding carboxylic acids is 2. The normalized spacial score (nSPS) is 20.1. The molecule has 31 heavy (non-hydrogen) atoms. The summed E-state index contributed by atoms with van der Waals surface area (Å²) in [6.45, 7) is 2.24. The molecule has 3 rings (SSSR count). The number of piperidine rings is 1. The lowest BCUT2D eigenvalue weighted by Crippen LogP contribution is -2.36. The fraction of sp³-hybridized carbons (Fsp3) is 0.579. The molecule has 1 N–H and O–H groups in total. The predicted molar refractivity (Wildman–Crippen MR) is 108 cm³/mol. The van der Waals surface area contributed by atoms with E-state index in [0.29, 0.717) is 25.9 Å². The Morgan fingerprint density at radius 3 is 2.42 bits per heavy atom. The second-order valence-corrected chi connectivity index (χ2v) is 9.37. The predicted octanol–water partition coefficient (Wildman–Crippen LogP) is 1.62. The van der Waals surface area contributed by atoms with E-state index in [0.717, 1.165) is 23.3 Å². The topological polar surface area (TPSA) is 105 Å². The van der Waals surface area contributed by atoms with Gasteiger partial charge in [-0.1, -0.05) is 0 Å². The summed E-state index contributed by atoms with van der Waals surface area (Å²) in [4.78, 5) is 25.8. The number of rotatable bonds is 7. The highest BCUT2D eigenvalue weighted by atomic mass is 32.2. The number of benzene rings is 1. The van der Waals surface area contributed by atoms with Crippen LogP contribution in [0.1, 0.15) is 19.8 Å². The lowest BCUT2D eigenvalue weighted by atomic mass is 9.97. The van der Waals surface area contributed by atoms with E-state index in [9.17, 15) is 26.8 Å². The average molecular weight is 461 g/mol. The van der Waals surface area contributed by atoms with Crippen molar-refractivity contribution < 1.29 is 35.7 Å². The third-order valence-electron chi connectivity index (χ3n) is 5.21. The van der Waals surface area contributed by atoms with Gasteiger partial charge in [0, 0.05) is 32.1 Å². The van der Waals surface area contributed by atoms with Crippen LogP contribution in [0.5, 0.6) is 0 Å². The molecule has 2 amide bonds. The molecule has 1 unspecified atom stereocenters. The van der Waals surface area contributed by atoms with Crippen LogP contribution in [0.15, 0.2) is 12.1 Å². The molecule has 2 aliphatic rings. The van der Waals surface area contributed by atoms with Crippen LogP contribution >= 0.6 is 0 Å². The van der Waals surface area contributed by atoms with E-state index in [1.165, 1.54) is 6.92 Å². The van der Waals surface area contributed by atoms with Crippen LogP contribution in [-0.4, -0.2) is 65.6 Å². The maximum atomic E-state index is 14.8. The first-order valence-corrected chi connectivity index (χ1v) is 11.7. The van der Waals surface area contributed by atoms with Crippen LogP contribution in [0.4, 0.5) is 25.0 Å². The number of halogens is 2. The van der Waals surface area contributed by atoms with E-state index in [2.05, 4.69) is 5.32 Å². The molecule has 12 heteroatoms. The highest BCUT2D eigenvalue weighted by Crippen LogP contribution is 2.33. The Bertz CT molecular complexity index is 927. The zero-order valence-corrected chi connectivity index (χ0v) is 18.1. The summed E-state index contributed by atoms with van der Waals surface area (Å²) in [6, 6.07) is 2.17. The van der Waals surface area contributed by atoms with Crippen molar-refractivity contribution in [2.75, 3.05) is 48.8 Å². The lowest BCUT2D eigenvalue weighted by molar-refractivity contribution is -0.119. The van der Waals surface area contributed by atoms with Gasteiger partial charge in [0.25, 0.3) is 10.1 Å². The number of hydrogen-bond donors (Lipinski definition) is 1. The smallest absolute Gasteiger partial charge is 0.414 e. The first-order chi connectivity index (χ1) is 14.5. The third-order valence-corrected chi connectivity index (χ3v) is 5.78. The summed E-state index contributed by atoms with van der Waals surface area (Å²) in [7, 11) is -3.53. The largest absolute Gasteiger partial charge is 0.442 e. The van der Waals surface area contributed by atoms with Crippen LogP contribution < -0.4 is 15.1 Å². The number of carbonyl (C=O) groups is 2. The summed E-state index contributed by atoms with van der Waals surface area (Å²) in [5.74, 6) is -1.91. The number of anilines is 2. The summed E-state index contributed by atoms with van der Waals surface area (Å²) < 4.78 is 61.8. The second kappa shape index (κ2) is 9.35. The molecule has 2 heterocycles. The third kappa shape index (κ3) is 6.03. The Labute approximate surface area is 179 Å². The summed E-state index contributed by atoms with van der Waals surface area (Å²) in [5.41, 5.74) is -0.154. The van der Waals surface area contributed by atoms with E-state index < -0.39 is 33.9 Å². The van der Waals surface area contributed by atoms with Gasteiger partial charge in [-0.15, -0.1) is 0 Å². The Morgan fingerprint density at radius 2 is 1.87 bits per heavy atom. The number of ether oxygens (including phenoxy) is 1. The van der Waals surface area contributed by atoms with Gasteiger partial charge in [0.15, 0.2) is 11.6 Å². The van der Waals surface area contributed by atoms with E-state index in [-0.39, 0.29) is 42.9 Å². The number of nitrogens with one attached hydrogen (secondary N) is 1. The van der Waals surface area contributed by atoms with Crippen molar-refractivity contribution in [1.29, 1.82) is 0 Å². The Hall–Kier alpha value is -2.47. The van der Waals surface area contributed by atoms with Gasteiger partial charge in [0.1, 0.15) is 11.8 Å². The zero-order valence-electron chi connectivity index (χ0n) is 17.3. The van der Waals surface area contributed by atoms with Gasteiger partial charge in [0.05, 0.1) is 31.6 Å². The Morgan fingerprint density at radius 1 is 1.26 bits per heavy atom. The van der Waals surface area contributed by atoms with Gasteiger partial charge < -0.3 is 15.0 Å². The molecule has 9 nitrogen and oxygen atoms in total. The van der Waals surface area contributed by atoms with Gasteiger partial charge in [0.2, 0.25) is 5.91 Å². The highest BCUT2D eigenvalue weighted by Gasteiger charge is 2.34. The Kier molecular flexibility index (Phi) is 6.99. The van der Waals surface area contributed by atoms with Crippen molar-refractivity contribution in [2.45, 2.75) is 25.9 Å². The van der Waals surface area contributed by atoms with Crippen LogP contribution in [0.25, 0.3) is 0 Å². The first kappa shape index (κ1) is 23.2. The van der Waals surface area contributed by atoms with Crippen molar-refractivity contribution in [3.05, 3.63) is 23.8 Å².